The quantitative estimate of drug-likeness (QED) is 0.546. The lowest BCUT2D eigenvalue weighted by Gasteiger charge is -2.29. The molecular weight excluding hydrogens is 158 g/mol. The molecule has 1 unspecified atom stereocenters. The van der Waals surface area contributed by atoms with E-state index in [0.717, 1.165) is 13.1 Å². The van der Waals surface area contributed by atoms with Gasteiger partial charge in [0.05, 0.1) is 26.4 Å². The van der Waals surface area contributed by atoms with E-state index >= 15 is 0 Å². The van der Waals surface area contributed by atoms with Crippen molar-refractivity contribution in [3.8, 4) is 0 Å². The minimum absolute atomic E-state index is 0.177. The maximum atomic E-state index is 10.9. The first-order valence-corrected chi connectivity index (χ1v) is 4.13. The van der Waals surface area contributed by atoms with Gasteiger partial charge < -0.3 is 9.47 Å². The summed E-state index contributed by atoms with van der Waals surface area (Å²) < 4.78 is 9.90. The van der Waals surface area contributed by atoms with E-state index in [1.807, 2.05) is 11.8 Å². The molecule has 12 heavy (non-hydrogen) atoms. The third-order valence-electron chi connectivity index (χ3n) is 1.91. The Kier molecular flexibility index (Phi) is 3.49. The number of ether oxygens (including phenoxy) is 2. The van der Waals surface area contributed by atoms with Crippen molar-refractivity contribution in [2.75, 3.05) is 33.4 Å². The van der Waals surface area contributed by atoms with Gasteiger partial charge in [-0.3, -0.25) is 9.69 Å². The molecule has 1 saturated heterocycles. The zero-order valence-electron chi connectivity index (χ0n) is 7.58. The highest BCUT2D eigenvalue weighted by molar-refractivity contribution is 5.71. The number of carbonyl (C=O) groups excluding carboxylic acids is 1. The van der Waals surface area contributed by atoms with Crippen LogP contribution in [0, 0.1) is 0 Å². The number of morpholine rings is 1. The zero-order chi connectivity index (χ0) is 8.97. The molecular formula is C8H15NO3. The molecule has 1 aliphatic heterocycles. The number of nitrogens with zero attached hydrogens (tertiary/aromatic N) is 1. The normalized spacial score (nSPS) is 25.3. The molecule has 1 atom stereocenters. The summed E-state index contributed by atoms with van der Waals surface area (Å²) >= 11 is 0. The second-order valence-electron chi connectivity index (χ2n) is 2.99. The van der Waals surface area contributed by atoms with Crippen molar-refractivity contribution in [2.24, 2.45) is 0 Å². The van der Waals surface area contributed by atoms with Gasteiger partial charge in [-0.1, -0.05) is 0 Å². The fourth-order valence-electron chi connectivity index (χ4n) is 1.28. The van der Waals surface area contributed by atoms with E-state index in [0.29, 0.717) is 13.2 Å². The number of carbonyl (C=O) groups is 1. The molecule has 0 aromatic rings. The van der Waals surface area contributed by atoms with E-state index in [2.05, 4.69) is 4.74 Å². The lowest BCUT2D eigenvalue weighted by molar-refractivity contribution is -0.143. The number of hydrogen-bond donors (Lipinski definition) is 0. The van der Waals surface area contributed by atoms with E-state index in [-0.39, 0.29) is 12.1 Å². The molecule has 0 bridgehead atoms. The molecule has 0 aliphatic carbocycles. The maximum absolute atomic E-state index is 10.9. The van der Waals surface area contributed by atoms with E-state index < -0.39 is 0 Å². The Bertz CT molecular complexity index is 160. The van der Waals surface area contributed by atoms with Crippen LogP contribution in [0.1, 0.15) is 6.92 Å². The van der Waals surface area contributed by atoms with Gasteiger partial charge in [0, 0.05) is 13.1 Å². The molecule has 4 heteroatoms. The van der Waals surface area contributed by atoms with E-state index in [4.69, 9.17) is 4.74 Å². The van der Waals surface area contributed by atoms with Crippen LogP contribution in [-0.2, 0) is 14.3 Å². The summed E-state index contributed by atoms with van der Waals surface area (Å²) in [5.74, 6) is -0.177. The van der Waals surface area contributed by atoms with Crippen LogP contribution in [0.3, 0.4) is 0 Å². The van der Waals surface area contributed by atoms with Gasteiger partial charge in [0.2, 0.25) is 0 Å². The van der Waals surface area contributed by atoms with Crippen LogP contribution in [0.5, 0.6) is 0 Å². The fraction of sp³-hybridized carbons (Fsp3) is 0.875. The smallest absolute Gasteiger partial charge is 0.319 e. The van der Waals surface area contributed by atoms with Crippen LogP contribution >= 0.6 is 0 Å². The second kappa shape index (κ2) is 4.42. The van der Waals surface area contributed by atoms with Crippen LogP contribution in [0.2, 0.25) is 0 Å². The van der Waals surface area contributed by atoms with Gasteiger partial charge in [0.25, 0.3) is 0 Å². The topological polar surface area (TPSA) is 38.8 Å². The molecule has 0 saturated carbocycles. The van der Waals surface area contributed by atoms with Crippen LogP contribution in [0.4, 0.5) is 0 Å². The summed E-state index contributed by atoms with van der Waals surface area (Å²) in [6.07, 6.45) is 0.225. The predicted molar refractivity (Wildman–Crippen MR) is 43.9 cm³/mol. The lowest BCUT2D eigenvalue weighted by atomic mass is 10.3. The molecule has 1 heterocycles. The largest absolute Gasteiger partial charge is 0.468 e. The van der Waals surface area contributed by atoms with Crippen LogP contribution < -0.4 is 0 Å². The fourth-order valence-corrected chi connectivity index (χ4v) is 1.28. The molecule has 0 aromatic heterocycles. The summed E-state index contributed by atoms with van der Waals surface area (Å²) in [5, 5.41) is 0. The average Bonchev–Trinajstić information content (AvgIpc) is 2.04. The molecule has 0 N–H and O–H groups in total. The Morgan fingerprint density at radius 3 is 3.08 bits per heavy atom. The van der Waals surface area contributed by atoms with Gasteiger partial charge in [0.1, 0.15) is 0 Å². The van der Waals surface area contributed by atoms with Crippen molar-refractivity contribution >= 4 is 5.97 Å². The number of methoxy groups -OCH3 is 1. The van der Waals surface area contributed by atoms with Crippen molar-refractivity contribution in [3.63, 3.8) is 0 Å². The highest BCUT2D eigenvalue weighted by Gasteiger charge is 2.18. The Balaban J connectivity index is 2.27. The van der Waals surface area contributed by atoms with E-state index in [1.165, 1.54) is 7.11 Å². The molecule has 0 aromatic carbocycles. The second-order valence-corrected chi connectivity index (χ2v) is 2.99. The first kappa shape index (κ1) is 9.48. The van der Waals surface area contributed by atoms with Crippen LogP contribution in [0.15, 0.2) is 0 Å². The molecule has 1 aliphatic rings. The Labute approximate surface area is 72.4 Å². The average molecular weight is 173 g/mol. The minimum Gasteiger partial charge on any atom is -0.468 e. The van der Waals surface area contributed by atoms with Crippen molar-refractivity contribution in [3.05, 3.63) is 0 Å². The van der Waals surface area contributed by atoms with E-state index in [1.54, 1.807) is 0 Å². The van der Waals surface area contributed by atoms with Gasteiger partial charge in [-0.2, -0.15) is 0 Å². The molecule has 0 amide bonds. The minimum atomic E-state index is -0.177. The molecule has 1 rings (SSSR count). The number of esters is 1. The third kappa shape index (κ3) is 2.79. The molecule has 1 fully saturated rings. The van der Waals surface area contributed by atoms with Gasteiger partial charge in [0.15, 0.2) is 0 Å². The summed E-state index contributed by atoms with van der Waals surface area (Å²) in [6, 6.07) is 0. The Morgan fingerprint density at radius 2 is 2.50 bits per heavy atom. The van der Waals surface area contributed by atoms with Crippen molar-refractivity contribution < 1.29 is 14.3 Å². The van der Waals surface area contributed by atoms with Crippen molar-refractivity contribution in [2.45, 2.75) is 13.0 Å². The molecule has 0 radical (unpaired) electrons. The number of hydrogen-bond acceptors (Lipinski definition) is 4. The summed E-state index contributed by atoms with van der Waals surface area (Å²) in [4.78, 5) is 12.9. The van der Waals surface area contributed by atoms with Gasteiger partial charge in [-0.25, -0.2) is 0 Å². The summed E-state index contributed by atoms with van der Waals surface area (Å²) in [7, 11) is 1.41. The van der Waals surface area contributed by atoms with Gasteiger partial charge in [-0.15, -0.1) is 0 Å². The molecule has 4 nitrogen and oxygen atoms in total. The highest BCUT2D eigenvalue weighted by atomic mass is 16.5. The predicted octanol–water partition coefficient (Wildman–Crippen LogP) is -0.120. The SMILES string of the molecule is COC(=O)CN1CCOC(C)C1. The Hall–Kier alpha value is -0.610. The summed E-state index contributed by atoms with van der Waals surface area (Å²) in [6.45, 7) is 4.72. The lowest BCUT2D eigenvalue weighted by Crippen LogP contribution is -2.43. The monoisotopic (exact) mass is 173 g/mol. The third-order valence-corrected chi connectivity index (χ3v) is 1.91. The first-order chi connectivity index (χ1) is 5.72. The Morgan fingerprint density at radius 1 is 1.75 bits per heavy atom. The first-order valence-electron chi connectivity index (χ1n) is 4.13. The van der Waals surface area contributed by atoms with Crippen molar-refractivity contribution in [1.29, 1.82) is 0 Å². The van der Waals surface area contributed by atoms with E-state index in [9.17, 15) is 4.79 Å². The van der Waals surface area contributed by atoms with Gasteiger partial charge >= 0.3 is 5.97 Å². The maximum Gasteiger partial charge on any atom is 0.319 e. The van der Waals surface area contributed by atoms with Gasteiger partial charge in [-0.05, 0) is 6.92 Å². The van der Waals surface area contributed by atoms with Crippen LogP contribution in [0.25, 0.3) is 0 Å². The standard InChI is InChI=1S/C8H15NO3/c1-7-5-9(3-4-12-7)6-8(10)11-2/h7H,3-6H2,1-2H3. The highest BCUT2D eigenvalue weighted by Crippen LogP contribution is 2.03. The molecule has 70 valence electrons. The summed E-state index contributed by atoms with van der Waals surface area (Å²) in [5.41, 5.74) is 0. The molecule has 0 spiro atoms. The van der Waals surface area contributed by atoms with Crippen LogP contribution in [-0.4, -0.2) is 50.3 Å². The zero-order valence-corrected chi connectivity index (χ0v) is 7.58. The van der Waals surface area contributed by atoms with Crippen molar-refractivity contribution in [1.82, 2.24) is 4.90 Å². The number of rotatable bonds is 2.